The molecule has 5 rings (SSSR count). The monoisotopic (exact) mass is 356 g/mol. The molecule has 0 N–H and O–H groups in total. The van der Waals surface area contributed by atoms with Crippen molar-refractivity contribution < 1.29 is 14.3 Å². The summed E-state index contributed by atoms with van der Waals surface area (Å²) < 4.78 is 11.6. The highest BCUT2D eigenvalue weighted by Crippen LogP contribution is 2.69. The Hall–Kier alpha value is -1.25. The fourth-order valence-corrected chi connectivity index (χ4v) is 7.76. The van der Waals surface area contributed by atoms with Gasteiger partial charge in [0.2, 0.25) is 0 Å². The summed E-state index contributed by atoms with van der Waals surface area (Å²) in [6, 6.07) is 0. The van der Waals surface area contributed by atoms with E-state index in [-0.39, 0.29) is 17.0 Å². The first-order chi connectivity index (χ1) is 12.4. The van der Waals surface area contributed by atoms with Crippen LogP contribution in [0.1, 0.15) is 71.6 Å². The van der Waals surface area contributed by atoms with E-state index in [9.17, 15) is 4.79 Å². The van der Waals surface area contributed by atoms with Crippen molar-refractivity contribution in [3.8, 4) is 0 Å². The summed E-state index contributed by atoms with van der Waals surface area (Å²) in [4.78, 5) is 12.0. The lowest BCUT2D eigenvalue weighted by atomic mass is 9.47. The van der Waals surface area contributed by atoms with Crippen LogP contribution >= 0.6 is 0 Å². The molecule has 1 saturated heterocycles. The topological polar surface area (TPSA) is 35.5 Å². The number of carbonyl (C=O) groups is 1. The second-order valence-electron chi connectivity index (χ2n) is 9.97. The highest BCUT2D eigenvalue weighted by Gasteiger charge is 2.66. The molecule has 3 nitrogen and oxygen atoms in total. The molecule has 26 heavy (non-hydrogen) atoms. The lowest BCUT2D eigenvalue weighted by Crippen LogP contribution is -2.54. The maximum atomic E-state index is 12.0. The highest BCUT2D eigenvalue weighted by atomic mass is 16.6. The fourth-order valence-electron chi connectivity index (χ4n) is 7.76. The van der Waals surface area contributed by atoms with Gasteiger partial charge >= 0.3 is 5.97 Å². The van der Waals surface area contributed by atoms with Crippen molar-refractivity contribution in [3.63, 3.8) is 0 Å². The Balaban J connectivity index is 1.49. The van der Waals surface area contributed by atoms with Crippen LogP contribution in [0.25, 0.3) is 0 Å². The third-order valence-corrected chi connectivity index (χ3v) is 9.33. The van der Waals surface area contributed by atoms with Crippen LogP contribution in [0.2, 0.25) is 0 Å². The van der Waals surface area contributed by atoms with Gasteiger partial charge in [0.1, 0.15) is 5.60 Å². The van der Waals surface area contributed by atoms with Crippen molar-refractivity contribution in [1.82, 2.24) is 0 Å². The zero-order chi connectivity index (χ0) is 18.2. The Bertz CT molecular complexity index is 706. The molecule has 0 aromatic rings. The number of allylic oxidation sites excluding steroid dienone is 4. The minimum Gasteiger partial charge on any atom is -0.501 e. The van der Waals surface area contributed by atoms with Crippen LogP contribution in [0.4, 0.5) is 0 Å². The quantitative estimate of drug-likeness (QED) is 0.608. The van der Waals surface area contributed by atoms with Crippen LogP contribution in [-0.4, -0.2) is 18.7 Å². The lowest BCUT2D eigenvalue weighted by Gasteiger charge is -2.58. The first kappa shape index (κ1) is 16.9. The van der Waals surface area contributed by atoms with E-state index >= 15 is 0 Å². The van der Waals surface area contributed by atoms with Gasteiger partial charge in [0.05, 0.1) is 12.9 Å². The standard InChI is InChI=1S/C23H32O3/c1-21-10-6-16(25-3)14-15(21)4-5-17-18(21)7-11-22(2)19(17)8-12-23(22)13-9-20(24)26-23/h4,14,17-19H,5-13H2,1-3H3/t17-,18+,19+,21+,22-,23-/m0/s1. The van der Waals surface area contributed by atoms with E-state index in [2.05, 4.69) is 26.0 Å². The number of esters is 1. The van der Waals surface area contributed by atoms with Gasteiger partial charge in [-0.15, -0.1) is 0 Å². The number of ether oxygens (including phenoxy) is 2. The van der Waals surface area contributed by atoms with Gasteiger partial charge in [0.25, 0.3) is 0 Å². The summed E-state index contributed by atoms with van der Waals surface area (Å²) in [6.45, 7) is 4.95. The number of fused-ring (bicyclic) bond motifs is 6. The summed E-state index contributed by atoms with van der Waals surface area (Å²) in [7, 11) is 1.80. The summed E-state index contributed by atoms with van der Waals surface area (Å²) in [6.07, 6.45) is 14.7. The van der Waals surface area contributed by atoms with Crippen LogP contribution in [0.5, 0.6) is 0 Å². The molecule has 2 saturated carbocycles. The SMILES string of the molecule is COC1=CC2=CC[C@@H]3[C@H]4CC[C@]5(CCC(=O)O5)[C@@]4(C)CC[C@H]3[C@]2(C)CC1. The number of rotatable bonds is 1. The second kappa shape index (κ2) is 5.39. The molecule has 0 aromatic heterocycles. The summed E-state index contributed by atoms with van der Waals surface area (Å²) in [5.41, 5.74) is 1.85. The fraction of sp³-hybridized carbons (Fsp3) is 0.783. The first-order valence-electron chi connectivity index (χ1n) is 10.6. The van der Waals surface area contributed by atoms with Gasteiger partial charge < -0.3 is 9.47 Å². The average Bonchev–Trinajstić information content (AvgIpc) is 3.15. The van der Waals surface area contributed by atoms with Crippen LogP contribution in [-0.2, 0) is 14.3 Å². The molecule has 3 heteroatoms. The molecule has 0 radical (unpaired) electrons. The molecule has 0 bridgehead atoms. The van der Waals surface area contributed by atoms with Gasteiger partial charge in [-0.25, -0.2) is 0 Å². The molecule has 4 aliphatic carbocycles. The molecule has 5 aliphatic rings. The number of hydrogen-bond donors (Lipinski definition) is 0. The summed E-state index contributed by atoms with van der Waals surface area (Å²) in [5, 5.41) is 0. The third kappa shape index (κ3) is 1.98. The van der Waals surface area contributed by atoms with Crippen LogP contribution in [0.3, 0.4) is 0 Å². The summed E-state index contributed by atoms with van der Waals surface area (Å²) in [5.74, 6) is 3.40. The van der Waals surface area contributed by atoms with Crippen molar-refractivity contribution in [2.75, 3.05) is 7.11 Å². The van der Waals surface area contributed by atoms with Crippen molar-refractivity contribution in [2.45, 2.75) is 77.2 Å². The third-order valence-electron chi connectivity index (χ3n) is 9.33. The average molecular weight is 357 g/mol. The molecule has 1 heterocycles. The zero-order valence-electron chi connectivity index (χ0n) is 16.5. The number of carbonyl (C=O) groups excluding carboxylic acids is 1. The van der Waals surface area contributed by atoms with E-state index in [0.29, 0.717) is 17.8 Å². The smallest absolute Gasteiger partial charge is 0.306 e. The van der Waals surface area contributed by atoms with E-state index in [0.717, 1.165) is 36.9 Å². The minimum atomic E-state index is -0.152. The maximum Gasteiger partial charge on any atom is 0.306 e. The molecule has 0 amide bonds. The molecular formula is C23H32O3. The Kier molecular flexibility index (Phi) is 3.50. The van der Waals surface area contributed by atoms with E-state index in [4.69, 9.17) is 9.47 Å². The number of hydrogen-bond acceptors (Lipinski definition) is 3. The molecule has 142 valence electrons. The van der Waals surface area contributed by atoms with E-state index < -0.39 is 0 Å². The molecule has 0 unspecified atom stereocenters. The molecule has 1 aliphatic heterocycles. The maximum absolute atomic E-state index is 12.0. The van der Waals surface area contributed by atoms with Gasteiger partial charge in [-0.05, 0) is 79.8 Å². The lowest BCUT2D eigenvalue weighted by molar-refractivity contribution is -0.167. The Labute approximate surface area is 157 Å². The van der Waals surface area contributed by atoms with Crippen LogP contribution in [0.15, 0.2) is 23.5 Å². The van der Waals surface area contributed by atoms with Crippen molar-refractivity contribution in [1.29, 1.82) is 0 Å². The largest absolute Gasteiger partial charge is 0.501 e. The number of methoxy groups -OCH3 is 1. The van der Waals surface area contributed by atoms with Gasteiger partial charge in [0.15, 0.2) is 0 Å². The van der Waals surface area contributed by atoms with Gasteiger partial charge in [-0.1, -0.05) is 19.9 Å². The van der Waals surface area contributed by atoms with E-state index in [1.54, 1.807) is 7.11 Å². The Morgan fingerprint density at radius 1 is 1.08 bits per heavy atom. The van der Waals surface area contributed by atoms with Crippen LogP contribution < -0.4 is 0 Å². The van der Waals surface area contributed by atoms with Gasteiger partial charge in [-0.2, -0.15) is 0 Å². The van der Waals surface area contributed by atoms with E-state index in [1.165, 1.54) is 37.7 Å². The Morgan fingerprint density at radius 2 is 1.88 bits per heavy atom. The summed E-state index contributed by atoms with van der Waals surface area (Å²) >= 11 is 0. The predicted octanol–water partition coefficient (Wildman–Crippen LogP) is 5.17. The Morgan fingerprint density at radius 3 is 2.62 bits per heavy atom. The molecule has 1 spiro atoms. The molecule has 0 aromatic carbocycles. The van der Waals surface area contributed by atoms with E-state index in [1.807, 2.05) is 0 Å². The molecular weight excluding hydrogens is 324 g/mol. The molecule has 3 fully saturated rings. The highest BCUT2D eigenvalue weighted by molar-refractivity contribution is 5.72. The zero-order valence-corrected chi connectivity index (χ0v) is 16.5. The second-order valence-corrected chi connectivity index (χ2v) is 9.97. The van der Waals surface area contributed by atoms with Crippen molar-refractivity contribution in [3.05, 3.63) is 23.5 Å². The minimum absolute atomic E-state index is 0.0382. The van der Waals surface area contributed by atoms with Crippen molar-refractivity contribution >= 4 is 5.97 Å². The molecule has 6 atom stereocenters. The van der Waals surface area contributed by atoms with Crippen LogP contribution in [0, 0.1) is 28.6 Å². The van der Waals surface area contributed by atoms with Crippen molar-refractivity contribution in [2.24, 2.45) is 28.6 Å². The van der Waals surface area contributed by atoms with Gasteiger partial charge in [-0.3, -0.25) is 4.79 Å². The normalized spacial score (nSPS) is 49.7. The first-order valence-corrected chi connectivity index (χ1v) is 10.6. The predicted molar refractivity (Wildman–Crippen MR) is 100 cm³/mol. The van der Waals surface area contributed by atoms with Gasteiger partial charge in [0, 0.05) is 18.3 Å².